The quantitative estimate of drug-likeness (QED) is 0.910. The highest BCUT2D eigenvalue weighted by Gasteiger charge is 2.24. The largest absolute Gasteiger partial charge is 0.356 e. The maximum Gasteiger partial charge on any atom is 0.132 e. The number of nitrogens with two attached hydrogens (primary N) is 1. The summed E-state index contributed by atoms with van der Waals surface area (Å²) in [5, 5.41) is 0. The van der Waals surface area contributed by atoms with Gasteiger partial charge in [-0.05, 0) is 50.8 Å². The zero-order valence-corrected chi connectivity index (χ0v) is 12.3. The molecule has 1 aromatic heterocycles. The van der Waals surface area contributed by atoms with Crippen LogP contribution in [0.25, 0.3) is 0 Å². The predicted molar refractivity (Wildman–Crippen MR) is 82.7 cm³/mol. The summed E-state index contributed by atoms with van der Waals surface area (Å²) in [6, 6.07) is 4.07. The summed E-state index contributed by atoms with van der Waals surface area (Å²) in [7, 11) is 0. The van der Waals surface area contributed by atoms with Crippen LogP contribution in [-0.2, 0) is 6.54 Å². The fourth-order valence-electron chi connectivity index (χ4n) is 3.53. The molecule has 3 rings (SSSR count). The van der Waals surface area contributed by atoms with Gasteiger partial charge in [-0.3, -0.25) is 0 Å². The maximum absolute atomic E-state index is 5.82. The number of likely N-dealkylation sites (tertiary alicyclic amines) is 1. The molecule has 0 radical (unpaired) electrons. The van der Waals surface area contributed by atoms with Gasteiger partial charge in [0.1, 0.15) is 5.82 Å². The minimum absolute atomic E-state index is 0.580. The highest BCUT2D eigenvalue weighted by molar-refractivity contribution is 5.46. The van der Waals surface area contributed by atoms with Gasteiger partial charge >= 0.3 is 0 Å². The Balaban J connectivity index is 1.55. The average Bonchev–Trinajstić information content (AvgIpc) is 3.01. The minimum Gasteiger partial charge on any atom is -0.356 e. The van der Waals surface area contributed by atoms with Gasteiger partial charge in [0.25, 0.3) is 0 Å². The van der Waals surface area contributed by atoms with Crippen LogP contribution < -0.4 is 10.6 Å². The summed E-state index contributed by atoms with van der Waals surface area (Å²) >= 11 is 0. The van der Waals surface area contributed by atoms with E-state index in [1.54, 1.807) is 0 Å². The van der Waals surface area contributed by atoms with E-state index in [1.807, 2.05) is 12.3 Å². The standard InChI is InChI=1S/C16H26N4/c17-12-15-4-3-7-18-16(15)20-10-5-14(6-11-20)13-19-8-1-2-9-19/h3-4,7,14H,1-2,5-6,8-13,17H2. The third-order valence-corrected chi connectivity index (χ3v) is 4.72. The SMILES string of the molecule is NCc1cccnc1N1CCC(CN2CCCC2)CC1. The van der Waals surface area contributed by atoms with Gasteiger partial charge in [0, 0.05) is 37.9 Å². The molecule has 0 unspecified atom stereocenters. The highest BCUT2D eigenvalue weighted by Crippen LogP contribution is 2.25. The molecule has 2 saturated heterocycles. The lowest BCUT2D eigenvalue weighted by molar-refractivity contribution is 0.249. The Morgan fingerprint density at radius 3 is 2.60 bits per heavy atom. The Hall–Kier alpha value is -1.13. The molecule has 20 heavy (non-hydrogen) atoms. The van der Waals surface area contributed by atoms with E-state index < -0.39 is 0 Å². The van der Waals surface area contributed by atoms with Crippen molar-refractivity contribution in [2.45, 2.75) is 32.2 Å². The Bertz CT molecular complexity index is 420. The van der Waals surface area contributed by atoms with Gasteiger partial charge in [-0.2, -0.15) is 0 Å². The zero-order chi connectivity index (χ0) is 13.8. The smallest absolute Gasteiger partial charge is 0.132 e. The number of pyridine rings is 1. The number of anilines is 1. The van der Waals surface area contributed by atoms with Crippen LogP contribution in [0.5, 0.6) is 0 Å². The molecular formula is C16H26N4. The summed E-state index contributed by atoms with van der Waals surface area (Å²) in [5.41, 5.74) is 6.99. The van der Waals surface area contributed by atoms with Crippen LogP contribution in [0.2, 0.25) is 0 Å². The van der Waals surface area contributed by atoms with Gasteiger partial charge in [-0.25, -0.2) is 4.98 Å². The van der Waals surface area contributed by atoms with Crippen LogP contribution in [0.15, 0.2) is 18.3 Å². The van der Waals surface area contributed by atoms with Gasteiger partial charge in [-0.15, -0.1) is 0 Å². The van der Waals surface area contributed by atoms with Crippen LogP contribution in [-0.4, -0.2) is 42.6 Å². The van der Waals surface area contributed by atoms with Crippen LogP contribution in [0, 0.1) is 5.92 Å². The molecule has 2 aliphatic heterocycles. The number of piperidine rings is 1. The molecule has 0 aliphatic carbocycles. The Morgan fingerprint density at radius 1 is 1.15 bits per heavy atom. The first-order chi connectivity index (χ1) is 9.86. The van der Waals surface area contributed by atoms with Crippen molar-refractivity contribution in [1.82, 2.24) is 9.88 Å². The lowest BCUT2D eigenvalue weighted by atomic mass is 9.96. The minimum atomic E-state index is 0.580. The van der Waals surface area contributed by atoms with Crippen molar-refractivity contribution < 1.29 is 0 Å². The topological polar surface area (TPSA) is 45.4 Å². The number of aromatic nitrogens is 1. The van der Waals surface area contributed by atoms with Crippen LogP contribution >= 0.6 is 0 Å². The molecule has 0 atom stereocenters. The van der Waals surface area contributed by atoms with Crippen molar-refractivity contribution in [3.63, 3.8) is 0 Å². The van der Waals surface area contributed by atoms with Crippen molar-refractivity contribution in [1.29, 1.82) is 0 Å². The molecule has 0 bridgehead atoms. The number of nitrogens with zero attached hydrogens (tertiary/aromatic N) is 3. The van der Waals surface area contributed by atoms with E-state index in [9.17, 15) is 0 Å². The van der Waals surface area contributed by atoms with Gasteiger partial charge in [0.2, 0.25) is 0 Å². The van der Waals surface area contributed by atoms with Crippen molar-refractivity contribution in [2.24, 2.45) is 11.7 Å². The van der Waals surface area contributed by atoms with Crippen molar-refractivity contribution in [2.75, 3.05) is 37.6 Å². The van der Waals surface area contributed by atoms with Crippen molar-refractivity contribution in [3.05, 3.63) is 23.9 Å². The van der Waals surface area contributed by atoms with E-state index in [0.717, 1.165) is 24.8 Å². The monoisotopic (exact) mass is 274 g/mol. The normalized spacial score (nSPS) is 21.6. The van der Waals surface area contributed by atoms with Crippen molar-refractivity contribution in [3.8, 4) is 0 Å². The van der Waals surface area contributed by atoms with Gasteiger partial charge in [-0.1, -0.05) is 6.07 Å². The van der Waals surface area contributed by atoms with E-state index in [-0.39, 0.29) is 0 Å². The zero-order valence-electron chi connectivity index (χ0n) is 12.3. The van der Waals surface area contributed by atoms with Crippen molar-refractivity contribution >= 4 is 5.82 Å². The van der Waals surface area contributed by atoms with E-state index in [1.165, 1.54) is 50.9 Å². The second-order valence-electron chi connectivity index (χ2n) is 6.13. The Morgan fingerprint density at radius 2 is 1.90 bits per heavy atom. The van der Waals surface area contributed by atoms with Gasteiger partial charge in [0.05, 0.1) is 0 Å². The molecule has 0 saturated carbocycles. The Kier molecular flexibility index (Phi) is 4.53. The number of rotatable bonds is 4. The van der Waals surface area contributed by atoms with Gasteiger partial charge in [0.15, 0.2) is 0 Å². The lowest BCUT2D eigenvalue weighted by Gasteiger charge is -2.35. The number of hydrogen-bond donors (Lipinski definition) is 1. The third-order valence-electron chi connectivity index (χ3n) is 4.72. The summed E-state index contributed by atoms with van der Waals surface area (Å²) in [4.78, 5) is 9.60. The van der Waals surface area contributed by atoms with E-state index >= 15 is 0 Å². The number of hydrogen-bond acceptors (Lipinski definition) is 4. The third kappa shape index (κ3) is 3.13. The highest BCUT2D eigenvalue weighted by atomic mass is 15.2. The maximum atomic E-state index is 5.82. The molecular weight excluding hydrogens is 248 g/mol. The molecule has 4 nitrogen and oxygen atoms in total. The van der Waals surface area contributed by atoms with Crippen LogP contribution in [0.1, 0.15) is 31.2 Å². The molecule has 4 heteroatoms. The summed E-state index contributed by atoms with van der Waals surface area (Å²) in [5.74, 6) is 1.98. The molecule has 0 spiro atoms. The average molecular weight is 274 g/mol. The predicted octanol–water partition coefficient (Wildman–Crippen LogP) is 1.85. The van der Waals surface area contributed by atoms with E-state index in [4.69, 9.17) is 5.73 Å². The molecule has 0 aromatic carbocycles. The molecule has 3 heterocycles. The fraction of sp³-hybridized carbons (Fsp3) is 0.688. The molecule has 1 aromatic rings. The lowest BCUT2D eigenvalue weighted by Crippen LogP contribution is -2.39. The summed E-state index contributed by atoms with van der Waals surface area (Å²) in [6.07, 6.45) is 7.25. The summed E-state index contributed by atoms with van der Waals surface area (Å²) in [6.45, 7) is 6.78. The second kappa shape index (κ2) is 6.55. The van der Waals surface area contributed by atoms with Crippen LogP contribution in [0.4, 0.5) is 5.82 Å². The van der Waals surface area contributed by atoms with E-state index in [0.29, 0.717) is 6.54 Å². The van der Waals surface area contributed by atoms with E-state index in [2.05, 4.69) is 20.9 Å². The van der Waals surface area contributed by atoms with Gasteiger partial charge < -0.3 is 15.5 Å². The Labute approximate surface area is 122 Å². The fourth-order valence-corrected chi connectivity index (χ4v) is 3.53. The van der Waals surface area contributed by atoms with Crippen LogP contribution in [0.3, 0.4) is 0 Å². The summed E-state index contributed by atoms with van der Waals surface area (Å²) < 4.78 is 0. The first-order valence-corrected chi connectivity index (χ1v) is 7.98. The molecule has 110 valence electrons. The molecule has 2 fully saturated rings. The second-order valence-corrected chi connectivity index (χ2v) is 6.13. The molecule has 2 N–H and O–H groups in total. The first-order valence-electron chi connectivity index (χ1n) is 7.98. The molecule has 2 aliphatic rings. The molecule has 0 amide bonds. The first kappa shape index (κ1) is 13.8.